The highest BCUT2D eigenvalue weighted by atomic mass is 32.2. The summed E-state index contributed by atoms with van der Waals surface area (Å²) in [5.41, 5.74) is 6.15. The van der Waals surface area contributed by atoms with Crippen molar-refractivity contribution in [1.82, 2.24) is 4.72 Å². The van der Waals surface area contributed by atoms with E-state index < -0.39 is 10.0 Å². The van der Waals surface area contributed by atoms with Crippen LogP contribution < -0.4 is 19.9 Å². The summed E-state index contributed by atoms with van der Waals surface area (Å²) in [6.45, 7) is 0.452. The third-order valence-electron chi connectivity index (χ3n) is 3.01. The van der Waals surface area contributed by atoms with E-state index in [4.69, 9.17) is 19.6 Å². The number of nitrogens with two attached hydrogens (primary N) is 1. The molecule has 3 N–H and O–H groups in total. The Balaban J connectivity index is 1.71. The molecule has 21 heavy (non-hydrogen) atoms. The minimum absolute atomic E-state index is 0.123. The van der Waals surface area contributed by atoms with Gasteiger partial charge in [-0.1, -0.05) is 6.07 Å². The molecule has 1 aliphatic rings. The number of furan rings is 1. The van der Waals surface area contributed by atoms with E-state index >= 15 is 0 Å². The van der Waals surface area contributed by atoms with E-state index in [-0.39, 0.29) is 25.0 Å². The number of benzene rings is 1. The van der Waals surface area contributed by atoms with Gasteiger partial charge in [-0.3, -0.25) is 0 Å². The van der Waals surface area contributed by atoms with Crippen LogP contribution in [0.3, 0.4) is 0 Å². The molecule has 0 radical (unpaired) electrons. The van der Waals surface area contributed by atoms with Crippen LogP contribution in [-0.4, -0.2) is 15.2 Å². The van der Waals surface area contributed by atoms with Gasteiger partial charge in [-0.05, 0) is 29.8 Å². The molecule has 112 valence electrons. The molecule has 0 saturated heterocycles. The predicted octanol–water partition coefficient (Wildman–Crippen LogP) is 0.945. The summed E-state index contributed by atoms with van der Waals surface area (Å²) >= 11 is 0. The van der Waals surface area contributed by atoms with Crippen molar-refractivity contribution in [2.45, 2.75) is 18.2 Å². The Kier molecular flexibility index (Phi) is 3.58. The van der Waals surface area contributed by atoms with Gasteiger partial charge in [0.1, 0.15) is 5.76 Å². The second-order valence-corrected chi connectivity index (χ2v) is 6.13. The van der Waals surface area contributed by atoms with E-state index in [9.17, 15) is 8.42 Å². The Morgan fingerprint density at radius 3 is 2.71 bits per heavy atom. The van der Waals surface area contributed by atoms with Crippen LogP contribution in [0.25, 0.3) is 0 Å². The first kappa shape index (κ1) is 13.9. The molecule has 0 bridgehead atoms. The largest absolute Gasteiger partial charge is 0.454 e. The fourth-order valence-electron chi connectivity index (χ4n) is 1.91. The SMILES string of the molecule is NCc1ccc(S(=O)(=O)NCc2ccc3c(c2)OCO3)o1. The third kappa shape index (κ3) is 2.87. The molecule has 1 aliphatic heterocycles. The van der Waals surface area contributed by atoms with Gasteiger partial charge >= 0.3 is 0 Å². The van der Waals surface area contributed by atoms with E-state index in [1.807, 2.05) is 0 Å². The Morgan fingerprint density at radius 2 is 1.95 bits per heavy atom. The standard InChI is InChI=1S/C13H14N2O5S/c14-6-10-2-4-13(20-10)21(16,17)15-7-9-1-3-11-12(5-9)19-8-18-11/h1-5,15H,6-8,14H2. The molecule has 8 heteroatoms. The van der Waals surface area contributed by atoms with E-state index in [2.05, 4.69) is 4.72 Å². The smallest absolute Gasteiger partial charge is 0.274 e. The van der Waals surface area contributed by atoms with Gasteiger partial charge in [0.25, 0.3) is 10.0 Å². The minimum atomic E-state index is -3.71. The van der Waals surface area contributed by atoms with Crippen LogP contribution in [0, 0.1) is 0 Å². The van der Waals surface area contributed by atoms with Crippen LogP contribution >= 0.6 is 0 Å². The number of sulfonamides is 1. The van der Waals surface area contributed by atoms with Crippen molar-refractivity contribution in [2.75, 3.05) is 6.79 Å². The molecule has 1 aromatic heterocycles. The zero-order chi connectivity index (χ0) is 14.9. The molecule has 0 aliphatic carbocycles. The average Bonchev–Trinajstić information content (AvgIpc) is 3.13. The van der Waals surface area contributed by atoms with E-state index in [1.165, 1.54) is 12.1 Å². The molecular weight excluding hydrogens is 296 g/mol. The second-order valence-electron chi connectivity index (χ2n) is 4.44. The van der Waals surface area contributed by atoms with Crippen molar-refractivity contribution in [3.63, 3.8) is 0 Å². The maximum Gasteiger partial charge on any atom is 0.274 e. The first-order chi connectivity index (χ1) is 10.1. The van der Waals surface area contributed by atoms with Crippen LogP contribution in [0.15, 0.2) is 39.8 Å². The Labute approximate surface area is 121 Å². The first-order valence-electron chi connectivity index (χ1n) is 6.25. The molecule has 0 unspecified atom stereocenters. The topological polar surface area (TPSA) is 104 Å². The molecule has 0 spiro atoms. The maximum atomic E-state index is 12.1. The number of nitrogens with one attached hydrogen (secondary N) is 1. The Bertz CT molecular complexity index is 754. The molecule has 0 fully saturated rings. The fraction of sp³-hybridized carbons (Fsp3) is 0.231. The van der Waals surface area contributed by atoms with E-state index in [0.717, 1.165) is 5.56 Å². The molecule has 7 nitrogen and oxygen atoms in total. The van der Waals surface area contributed by atoms with Crippen molar-refractivity contribution in [2.24, 2.45) is 5.73 Å². The molecular formula is C13H14N2O5S. The summed E-state index contributed by atoms with van der Waals surface area (Å²) in [6.07, 6.45) is 0. The molecule has 2 heterocycles. The van der Waals surface area contributed by atoms with Crippen molar-refractivity contribution in [3.8, 4) is 11.5 Å². The van der Waals surface area contributed by atoms with Gasteiger partial charge in [-0.25, -0.2) is 13.1 Å². The van der Waals surface area contributed by atoms with Crippen molar-refractivity contribution >= 4 is 10.0 Å². The molecule has 3 rings (SSSR count). The Morgan fingerprint density at radius 1 is 1.14 bits per heavy atom. The molecule has 0 amide bonds. The van der Waals surface area contributed by atoms with E-state index in [1.54, 1.807) is 18.2 Å². The lowest BCUT2D eigenvalue weighted by Gasteiger charge is -2.05. The molecule has 0 saturated carbocycles. The summed E-state index contributed by atoms with van der Waals surface area (Å²) in [4.78, 5) is 0. The summed E-state index contributed by atoms with van der Waals surface area (Å²) in [5.74, 6) is 1.67. The highest BCUT2D eigenvalue weighted by Gasteiger charge is 2.19. The van der Waals surface area contributed by atoms with Gasteiger partial charge in [-0.15, -0.1) is 0 Å². The normalized spacial score (nSPS) is 13.6. The first-order valence-corrected chi connectivity index (χ1v) is 7.74. The summed E-state index contributed by atoms with van der Waals surface area (Å²) in [5, 5.41) is -0.149. The molecule has 1 aromatic carbocycles. The van der Waals surface area contributed by atoms with Crippen molar-refractivity contribution < 1.29 is 22.3 Å². The van der Waals surface area contributed by atoms with Gasteiger partial charge in [0.2, 0.25) is 11.9 Å². The van der Waals surface area contributed by atoms with Crippen LogP contribution in [0.5, 0.6) is 11.5 Å². The van der Waals surface area contributed by atoms with E-state index in [0.29, 0.717) is 17.3 Å². The van der Waals surface area contributed by atoms with Gasteiger partial charge in [0, 0.05) is 6.54 Å². The summed E-state index contributed by atoms with van der Waals surface area (Å²) < 4.78 is 42.2. The lowest BCUT2D eigenvalue weighted by atomic mass is 10.2. The molecule has 0 atom stereocenters. The van der Waals surface area contributed by atoms with Crippen LogP contribution in [-0.2, 0) is 23.1 Å². The van der Waals surface area contributed by atoms with Gasteiger partial charge in [-0.2, -0.15) is 0 Å². The summed E-state index contributed by atoms with van der Waals surface area (Å²) in [6, 6.07) is 8.16. The lowest BCUT2D eigenvalue weighted by molar-refractivity contribution is 0.174. The van der Waals surface area contributed by atoms with Gasteiger partial charge < -0.3 is 19.6 Å². The maximum absolute atomic E-state index is 12.1. The van der Waals surface area contributed by atoms with Crippen LogP contribution in [0.2, 0.25) is 0 Å². The monoisotopic (exact) mass is 310 g/mol. The zero-order valence-electron chi connectivity index (χ0n) is 11.0. The Hall–Kier alpha value is -2.03. The lowest BCUT2D eigenvalue weighted by Crippen LogP contribution is -2.22. The second kappa shape index (κ2) is 5.40. The van der Waals surface area contributed by atoms with Crippen LogP contribution in [0.1, 0.15) is 11.3 Å². The van der Waals surface area contributed by atoms with Crippen molar-refractivity contribution in [1.29, 1.82) is 0 Å². The highest BCUT2D eigenvalue weighted by Crippen LogP contribution is 2.32. The van der Waals surface area contributed by atoms with Crippen molar-refractivity contribution in [3.05, 3.63) is 41.7 Å². The van der Waals surface area contributed by atoms with Crippen LogP contribution in [0.4, 0.5) is 0 Å². The highest BCUT2D eigenvalue weighted by molar-refractivity contribution is 7.89. The van der Waals surface area contributed by atoms with Gasteiger partial charge in [0.05, 0.1) is 6.54 Å². The number of rotatable bonds is 5. The number of hydrogen-bond donors (Lipinski definition) is 2. The van der Waals surface area contributed by atoms with Gasteiger partial charge in [0.15, 0.2) is 11.5 Å². The fourth-order valence-corrected chi connectivity index (χ4v) is 2.88. The minimum Gasteiger partial charge on any atom is -0.454 e. The number of fused-ring (bicyclic) bond motifs is 1. The summed E-state index contributed by atoms with van der Waals surface area (Å²) in [7, 11) is -3.71. The molecule has 2 aromatic rings. The predicted molar refractivity (Wildman–Crippen MR) is 73.2 cm³/mol. The number of ether oxygens (including phenoxy) is 2. The number of hydrogen-bond acceptors (Lipinski definition) is 6. The quantitative estimate of drug-likeness (QED) is 0.852. The zero-order valence-corrected chi connectivity index (χ0v) is 11.9. The third-order valence-corrected chi connectivity index (χ3v) is 4.28. The average molecular weight is 310 g/mol.